The third kappa shape index (κ3) is 7.82. The monoisotopic (exact) mass is 675 g/mol. The zero-order valence-electron chi connectivity index (χ0n) is 28.0. The summed E-state index contributed by atoms with van der Waals surface area (Å²) in [7, 11) is -8.28. The molecule has 0 saturated carbocycles. The Morgan fingerprint density at radius 3 is 1.66 bits per heavy atom. The maximum absolute atomic E-state index is 14.4. The molecule has 0 amide bonds. The number of nitro benzene ring substituents is 1. The highest BCUT2D eigenvalue weighted by Crippen LogP contribution is 2.41. The molecule has 0 atom stereocenters. The molecular formula is C37H41NO7S2. The van der Waals surface area contributed by atoms with Crippen LogP contribution in [0.4, 0.5) is 5.69 Å². The van der Waals surface area contributed by atoms with Gasteiger partial charge in [0.05, 0.1) is 25.4 Å². The Labute approximate surface area is 277 Å². The summed E-state index contributed by atoms with van der Waals surface area (Å²) in [5, 5.41) is 23.3. The quantitative estimate of drug-likeness (QED) is 0.113. The van der Waals surface area contributed by atoms with E-state index in [1.807, 2.05) is 55.4 Å². The minimum absolute atomic E-state index is 0.000596. The standard InChI is InChI=1S/C37H41NO7S2/c1-24-9-14-29(15-10-24)46(42,43)23-28-22-27(13-18-33(28)38(40)41)34(47(44,45)30-16-11-25(2)12-17-30)21-26-19-31(36(3,4)5)35(39)32(20-26)37(6,7)8/h9-22,39H,23H2,1-8H3/b34-21+. The first-order valence-electron chi connectivity index (χ1n) is 15.1. The molecule has 10 heteroatoms. The lowest BCUT2D eigenvalue weighted by molar-refractivity contribution is -0.385. The second-order valence-electron chi connectivity index (χ2n) is 14.0. The van der Waals surface area contributed by atoms with Crippen LogP contribution in [-0.4, -0.2) is 26.9 Å². The van der Waals surface area contributed by atoms with Gasteiger partial charge in [0.2, 0.25) is 9.84 Å². The number of hydrogen-bond acceptors (Lipinski definition) is 7. The first-order valence-corrected chi connectivity index (χ1v) is 18.2. The summed E-state index contributed by atoms with van der Waals surface area (Å²) >= 11 is 0. The Morgan fingerprint density at radius 1 is 0.745 bits per heavy atom. The minimum atomic E-state index is -4.25. The molecular weight excluding hydrogens is 635 g/mol. The number of nitrogens with zero attached hydrogens (tertiary/aromatic N) is 1. The van der Waals surface area contributed by atoms with Crippen LogP contribution in [-0.2, 0) is 36.3 Å². The van der Waals surface area contributed by atoms with E-state index in [4.69, 9.17) is 0 Å². The van der Waals surface area contributed by atoms with Crippen LogP contribution in [0.2, 0.25) is 0 Å². The number of aromatic hydroxyl groups is 1. The van der Waals surface area contributed by atoms with E-state index in [9.17, 15) is 32.1 Å². The lowest BCUT2D eigenvalue weighted by Crippen LogP contribution is -2.17. The molecule has 0 saturated heterocycles. The van der Waals surface area contributed by atoms with Gasteiger partial charge in [0.15, 0.2) is 9.84 Å². The van der Waals surface area contributed by atoms with Gasteiger partial charge in [0.25, 0.3) is 5.69 Å². The molecule has 1 N–H and O–H groups in total. The highest BCUT2D eigenvalue weighted by Gasteiger charge is 2.30. The van der Waals surface area contributed by atoms with Crippen LogP contribution < -0.4 is 0 Å². The summed E-state index contributed by atoms with van der Waals surface area (Å²) in [5.41, 5.74) is 1.98. The Balaban J connectivity index is 2.03. The van der Waals surface area contributed by atoms with Gasteiger partial charge in [-0.25, -0.2) is 16.8 Å². The predicted octanol–water partition coefficient (Wildman–Crippen LogP) is 8.46. The van der Waals surface area contributed by atoms with Crippen LogP contribution in [0.1, 0.15) is 80.5 Å². The van der Waals surface area contributed by atoms with Gasteiger partial charge in [-0.15, -0.1) is 0 Å². The van der Waals surface area contributed by atoms with E-state index in [0.717, 1.165) is 17.2 Å². The fourth-order valence-corrected chi connectivity index (χ4v) is 8.10. The van der Waals surface area contributed by atoms with Gasteiger partial charge in [-0.05, 0) is 90.4 Å². The Bertz CT molecular complexity index is 2050. The predicted molar refractivity (Wildman–Crippen MR) is 187 cm³/mol. The van der Waals surface area contributed by atoms with E-state index in [1.165, 1.54) is 42.5 Å². The zero-order chi connectivity index (χ0) is 35.1. The number of aryl methyl sites for hydroxylation is 2. The van der Waals surface area contributed by atoms with Gasteiger partial charge < -0.3 is 5.11 Å². The summed E-state index contributed by atoms with van der Waals surface area (Å²) in [6.45, 7) is 15.3. The lowest BCUT2D eigenvalue weighted by Gasteiger charge is -2.28. The second-order valence-corrected chi connectivity index (χ2v) is 17.9. The molecule has 0 aliphatic carbocycles. The highest BCUT2D eigenvalue weighted by molar-refractivity contribution is 8.00. The van der Waals surface area contributed by atoms with Crippen molar-refractivity contribution in [3.05, 3.63) is 128 Å². The van der Waals surface area contributed by atoms with Crippen LogP contribution in [0.5, 0.6) is 5.75 Å². The van der Waals surface area contributed by atoms with E-state index in [2.05, 4.69) is 0 Å². The topological polar surface area (TPSA) is 132 Å². The van der Waals surface area contributed by atoms with Crippen LogP contribution >= 0.6 is 0 Å². The molecule has 0 radical (unpaired) electrons. The summed E-state index contributed by atoms with van der Waals surface area (Å²) in [6, 6.07) is 19.7. The fraction of sp³-hybridized carbons (Fsp3) is 0.297. The SMILES string of the molecule is Cc1ccc(S(=O)(=O)Cc2cc(/C(=C\c3cc(C(C)(C)C)c(O)c(C(C)(C)C)c3)S(=O)(=O)c3ccc(C)cc3)ccc2[N+](=O)[O-])cc1. The van der Waals surface area contributed by atoms with Crippen molar-refractivity contribution in [1.82, 2.24) is 0 Å². The molecule has 0 aliphatic rings. The molecule has 8 nitrogen and oxygen atoms in total. The molecule has 0 aliphatic heterocycles. The number of benzene rings is 4. The Morgan fingerprint density at radius 2 is 1.21 bits per heavy atom. The van der Waals surface area contributed by atoms with Gasteiger partial charge in [-0.3, -0.25) is 10.1 Å². The third-order valence-corrected chi connectivity index (χ3v) is 11.5. The second kappa shape index (κ2) is 12.7. The number of phenols is 1. The molecule has 0 unspecified atom stereocenters. The van der Waals surface area contributed by atoms with Crippen molar-refractivity contribution in [2.24, 2.45) is 0 Å². The molecule has 248 valence electrons. The minimum Gasteiger partial charge on any atom is -0.507 e. The van der Waals surface area contributed by atoms with Gasteiger partial charge in [0.1, 0.15) is 5.75 Å². The summed E-state index contributed by atoms with van der Waals surface area (Å²) in [6.07, 6.45) is 1.48. The van der Waals surface area contributed by atoms with Crippen molar-refractivity contribution in [1.29, 1.82) is 0 Å². The normalized spacial score (nSPS) is 13.1. The summed E-state index contributed by atoms with van der Waals surface area (Å²) in [5.74, 6) is -0.580. The van der Waals surface area contributed by atoms with Crippen LogP contribution in [0.15, 0.2) is 88.7 Å². The molecule has 0 spiro atoms. The van der Waals surface area contributed by atoms with Crippen LogP contribution in [0, 0.1) is 24.0 Å². The molecule has 0 fully saturated rings. The maximum atomic E-state index is 14.4. The largest absolute Gasteiger partial charge is 0.507 e. The van der Waals surface area contributed by atoms with Crippen molar-refractivity contribution in [3.8, 4) is 5.75 Å². The number of sulfone groups is 2. The first kappa shape index (κ1) is 35.6. The Hall–Kier alpha value is -4.28. The molecule has 0 heterocycles. The van der Waals surface area contributed by atoms with Crippen LogP contribution in [0.3, 0.4) is 0 Å². The summed E-state index contributed by atoms with van der Waals surface area (Å²) < 4.78 is 55.6. The van der Waals surface area contributed by atoms with Crippen molar-refractivity contribution in [2.45, 2.75) is 81.8 Å². The summed E-state index contributed by atoms with van der Waals surface area (Å²) in [4.78, 5) is 11.2. The first-order chi connectivity index (χ1) is 21.6. The van der Waals surface area contributed by atoms with E-state index < -0.39 is 46.9 Å². The maximum Gasteiger partial charge on any atom is 0.273 e. The van der Waals surface area contributed by atoms with E-state index in [0.29, 0.717) is 16.7 Å². The van der Waals surface area contributed by atoms with Crippen molar-refractivity contribution < 1.29 is 26.9 Å². The molecule has 4 rings (SSSR count). The zero-order valence-corrected chi connectivity index (χ0v) is 29.6. The third-order valence-electron chi connectivity index (χ3n) is 7.95. The lowest BCUT2D eigenvalue weighted by atomic mass is 9.78. The smallest absolute Gasteiger partial charge is 0.273 e. The van der Waals surface area contributed by atoms with Crippen LogP contribution in [0.25, 0.3) is 11.0 Å². The number of nitro groups is 1. The number of rotatable bonds is 8. The van der Waals surface area contributed by atoms with Gasteiger partial charge in [-0.1, -0.05) is 76.9 Å². The fourth-order valence-electron chi connectivity index (χ4n) is 5.26. The average Bonchev–Trinajstić information content (AvgIpc) is 2.95. The van der Waals surface area contributed by atoms with E-state index >= 15 is 0 Å². The van der Waals surface area contributed by atoms with Gasteiger partial charge >= 0.3 is 0 Å². The van der Waals surface area contributed by atoms with Gasteiger partial charge in [0, 0.05) is 22.8 Å². The molecule has 4 aromatic carbocycles. The number of phenolic OH excluding ortho intramolecular Hbond substituents is 1. The molecule has 0 aromatic heterocycles. The molecule has 0 bridgehead atoms. The van der Waals surface area contributed by atoms with E-state index in [1.54, 1.807) is 36.4 Å². The highest BCUT2D eigenvalue weighted by atomic mass is 32.2. The van der Waals surface area contributed by atoms with Crippen molar-refractivity contribution in [2.75, 3.05) is 0 Å². The molecule has 4 aromatic rings. The van der Waals surface area contributed by atoms with Crippen molar-refractivity contribution >= 4 is 36.3 Å². The van der Waals surface area contributed by atoms with Crippen molar-refractivity contribution in [3.63, 3.8) is 0 Å². The molecule has 47 heavy (non-hydrogen) atoms. The Kier molecular flexibility index (Phi) is 9.63. The van der Waals surface area contributed by atoms with Gasteiger partial charge in [-0.2, -0.15) is 0 Å². The average molecular weight is 676 g/mol. The van der Waals surface area contributed by atoms with E-state index in [-0.39, 0.29) is 31.6 Å². The number of hydrogen-bond donors (Lipinski definition) is 1.